The molecule has 22 heavy (non-hydrogen) atoms. The summed E-state index contributed by atoms with van der Waals surface area (Å²) in [6.45, 7) is 0. The van der Waals surface area contributed by atoms with Gasteiger partial charge in [0.15, 0.2) is 0 Å². The van der Waals surface area contributed by atoms with Crippen LogP contribution in [0.25, 0.3) is 11.3 Å². The first-order chi connectivity index (χ1) is 10.6. The second-order valence-corrected chi connectivity index (χ2v) is 5.54. The lowest BCUT2D eigenvalue weighted by Crippen LogP contribution is -2.36. The number of aromatic nitrogens is 2. The Hall–Kier alpha value is -2.47. The summed E-state index contributed by atoms with van der Waals surface area (Å²) in [5.41, 5.74) is 5.72. The van der Waals surface area contributed by atoms with Gasteiger partial charge in [0.25, 0.3) is 11.5 Å². The first kappa shape index (κ1) is 14.5. The van der Waals surface area contributed by atoms with Gasteiger partial charge in [-0.3, -0.25) is 15.0 Å². The molecule has 1 amide bonds. The number of rotatable bonds is 2. The Bertz CT molecular complexity index is 795. The molecule has 6 heteroatoms. The fourth-order valence-corrected chi connectivity index (χ4v) is 2.88. The Morgan fingerprint density at radius 3 is 2.68 bits per heavy atom. The molecule has 0 radical (unpaired) electrons. The van der Waals surface area contributed by atoms with E-state index in [4.69, 9.17) is 5.84 Å². The Kier molecular flexibility index (Phi) is 3.77. The third-order valence-corrected chi connectivity index (χ3v) is 4.08. The quantitative estimate of drug-likeness (QED) is 0.490. The third kappa shape index (κ3) is 2.53. The Morgan fingerprint density at radius 1 is 1.23 bits per heavy atom. The number of nitrogens with one attached hydrogen (secondary N) is 1. The van der Waals surface area contributed by atoms with Gasteiger partial charge in [0.05, 0.1) is 5.69 Å². The van der Waals surface area contributed by atoms with E-state index in [1.54, 1.807) is 0 Å². The molecule has 1 aromatic carbocycles. The molecule has 1 aliphatic carbocycles. The lowest BCUT2D eigenvalue weighted by Gasteiger charge is -2.16. The second-order valence-electron chi connectivity index (χ2n) is 5.54. The van der Waals surface area contributed by atoms with Crippen molar-refractivity contribution >= 4 is 5.91 Å². The zero-order chi connectivity index (χ0) is 15.7. The van der Waals surface area contributed by atoms with Crippen molar-refractivity contribution in [1.29, 1.82) is 0 Å². The van der Waals surface area contributed by atoms with E-state index in [2.05, 4.69) is 17.2 Å². The number of nitrogen functional groups attached to an aromatic ring is 1. The fraction of sp³-hybridized carbons (Fsp3) is 0.312. The van der Waals surface area contributed by atoms with Gasteiger partial charge < -0.3 is 0 Å². The fourth-order valence-electron chi connectivity index (χ4n) is 2.88. The van der Waals surface area contributed by atoms with Crippen LogP contribution in [0.2, 0.25) is 0 Å². The standard InChI is InChI=1S/C16H18N4O2/c1-20-16(22)13(15(21)18-17)9-14(19-20)12-7-6-10-4-2-3-5-11(10)8-12/h6-9H,2-5,17H2,1H3,(H,18,21). The summed E-state index contributed by atoms with van der Waals surface area (Å²) >= 11 is 0. The molecule has 0 bridgehead atoms. The van der Waals surface area contributed by atoms with Crippen molar-refractivity contribution in [1.82, 2.24) is 15.2 Å². The molecule has 1 aliphatic rings. The molecule has 6 nitrogen and oxygen atoms in total. The van der Waals surface area contributed by atoms with E-state index in [1.165, 1.54) is 41.8 Å². The van der Waals surface area contributed by atoms with Crippen molar-refractivity contribution in [2.45, 2.75) is 25.7 Å². The first-order valence-electron chi connectivity index (χ1n) is 7.31. The van der Waals surface area contributed by atoms with Crippen LogP contribution in [0.4, 0.5) is 0 Å². The van der Waals surface area contributed by atoms with Gasteiger partial charge in [0.1, 0.15) is 5.56 Å². The van der Waals surface area contributed by atoms with Crippen LogP contribution in [0.1, 0.15) is 34.3 Å². The maximum absolute atomic E-state index is 12.0. The largest absolute Gasteiger partial charge is 0.290 e. The van der Waals surface area contributed by atoms with E-state index >= 15 is 0 Å². The number of carbonyl (C=O) groups excluding carboxylic acids is 1. The van der Waals surface area contributed by atoms with Gasteiger partial charge in [-0.05, 0) is 48.9 Å². The Morgan fingerprint density at radius 2 is 1.95 bits per heavy atom. The van der Waals surface area contributed by atoms with E-state index in [-0.39, 0.29) is 5.56 Å². The minimum atomic E-state index is -0.609. The zero-order valence-electron chi connectivity index (χ0n) is 12.4. The first-order valence-corrected chi connectivity index (χ1v) is 7.31. The number of nitrogens with zero attached hydrogens (tertiary/aromatic N) is 2. The molecule has 1 heterocycles. The molecule has 1 aromatic heterocycles. The van der Waals surface area contributed by atoms with Crippen LogP contribution in [0.5, 0.6) is 0 Å². The summed E-state index contributed by atoms with van der Waals surface area (Å²) in [5, 5.41) is 4.25. The van der Waals surface area contributed by atoms with Crippen LogP contribution in [0, 0.1) is 0 Å². The van der Waals surface area contributed by atoms with E-state index in [9.17, 15) is 9.59 Å². The average molecular weight is 298 g/mol. The summed E-state index contributed by atoms with van der Waals surface area (Å²) < 4.78 is 1.17. The number of hydrazine groups is 1. The highest BCUT2D eigenvalue weighted by atomic mass is 16.2. The number of aryl methyl sites for hydroxylation is 3. The number of nitrogens with two attached hydrogens (primary N) is 1. The minimum absolute atomic E-state index is 0.00674. The highest BCUT2D eigenvalue weighted by Crippen LogP contribution is 2.26. The smallest absolute Gasteiger partial charge is 0.279 e. The maximum Gasteiger partial charge on any atom is 0.279 e. The molecule has 0 fully saturated rings. The topological polar surface area (TPSA) is 90.0 Å². The highest BCUT2D eigenvalue weighted by molar-refractivity contribution is 5.94. The lowest BCUT2D eigenvalue weighted by molar-refractivity contribution is 0.0951. The van der Waals surface area contributed by atoms with E-state index in [1.807, 2.05) is 11.5 Å². The summed E-state index contributed by atoms with van der Waals surface area (Å²) in [5.74, 6) is 4.53. The highest BCUT2D eigenvalue weighted by Gasteiger charge is 2.16. The summed E-state index contributed by atoms with van der Waals surface area (Å²) in [7, 11) is 1.53. The number of fused-ring (bicyclic) bond motifs is 1. The lowest BCUT2D eigenvalue weighted by atomic mass is 9.90. The van der Waals surface area contributed by atoms with Gasteiger partial charge in [-0.2, -0.15) is 5.10 Å². The van der Waals surface area contributed by atoms with Crippen molar-refractivity contribution in [3.8, 4) is 11.3 Å². The Balaban J connectivity index is 2.10. The van der Waals surface area contributed by atoms with Gasteiger partial charge in [0.2, 0.25) is 0 Å². The molecule has 0 saturated heterocycles. The van der Waals surface area contributed by atoms with Crippen LogP contribution >= 0.6 is 0 Å². The number of hydrogen-bond acceptors (Lipinski definition) is 4. The van der Waals surface area contributed by atoms with Gasteiger partial charge >= 0.3 is 0 Å². The zero-order valence-corrected chi connectivity index (χ0v) is 12.4. The molecule has 3 N–H and O–H groups in total. The van der Waals surface area contributed by atoms with Crippen LogP contribution < -0.4 is 16.8 Å². The molecule has 3 rings (SSSR count). The number of amides is 1. The van der Waals surface area contributed by atoms with Crippen molar-refractivity contribution in [3.63, 3.8) is 0 Å². The SMILES string of the molecule is Cn1nc(-c2ccc3c(c2)CCCC3)cc(C(=O)NN)c1=O. The predicted octanol–water partition coefficient (Wildman–Crippen LogP) is 0.930. The number of carbonyl (C=O) groups is 1. The van der Waals surface area contributed by atoms with Crippen LogP contribution in [-0.2, 0) is 19.9 Å². The number of hydrogen-bond donors (Lipinski definition) is 2. The summed E-state index contributed by atoms with van der Waals surface area (Å²) in [6, 6.07) is 7.70. The van der Waals surface area contributed by atoms with Gasteiger partial charge in [0, 0.05) is 12.6 Å². The van der Waals surface area contributed by atoms with Gasteiger partial charge in [-0.25, -0.2) is 10.5 Å². The van der Waals surface area contributed by atoms with E-state index in [0.29, 0.717) is 5.69 Å². The molecular formula is C16H18N4O2. The summed E-state index contributed by atoms with van der Waals surface area (Å²) in [4.78, 5) is 23.7. The molecule has 0 spiro atoms. The average Bonchev–Trinajstić information content (AvgIpc) is 2.56. The van der Waals surface area contributed by atoms with Crippen LogP contribution in [0.15, 0.2) is 29.1 Å². The van der Waals surface area contributed by atoms with E-state index in [0.717, 1.165) is 18.4 Å². The van der Waals surface area contributed by atoms with Crippen molar-refractivity contribution in [3.05, 3.63) is 51.3 Å². The van der Waals surface area contributed by atoms with E-state index < -0.39 is 11.5 Å². The second kappa shape index (κ2) is 5.73. The van der Waals surface area contributed by atoms with Gasteiger partial charge in [-0.15, -0.1) is 0 Å². The minimum Gasteiger partial charge on any atom is -0.290 e. The molecular weight excluding hydrogens is 280 g/mol. The Labute approximate surface area is 127 Å². The third-order valence-electron chi connectivity index (χ3n) is 4.08. The number of benzene rings is 1. The predicted molar refractivity (Wildman–Crippen MR) is 83.2 cm³/mol. The van der Waals surface area contributed by atoms with Crippen molar-refractivity contribution < 1.29 is 4.79 Å². The van der Waals surface area contributed by atoms with Crippen LogP contribution in [-0.4, -0.2) is 15.7 Å². The molecule has 0 unspecified atom stereocenters. The van der Waals surface area contributed by atoms with Crippen molar-refractivity contribution in [2.24, 2.45) is 12.9 Å². The molecule has 0 saturated carbocycles. The normalized spacial score (nSPS) is 13.5. The van der Waals surface area contributed by atoms with Gasteiger partial charge in [-0.1, -0.05) is 12.1 Å². The molecule has 114 valence electrons. The maximum atomic E-state index is 12.0. The molecule has 0 atom stereocenters. The van der Waals surface area contributed by atoms with Crippen molar-refractivity contribution in [2.75, 3.05) is 0 Å². The monoisotopic (exact) mass is 298 g/mol. The molecule has 2 aromatic rings. The van der Waals surface area contributed by atoms with Crippen LogP contribution in [0.3, 0.4) is 0 Å². The molecule has 0 aliphatic heterocycles. The summed E-state index contributed by atoms with van der Waals surface area (Å²) in [6.07, 6.45) is 4.59.